The highest BCUT2D eigenvalue weighted by molar-refractivity contribution is 6.70. The molecule has 2 rings (SSSR count). The van der Waals surface area contributed by atoms with Crippen LogP contribution in [0, 0.1) is 13.8 Å². The number of nitrogens with zero attached hydrogens (tertiary/aromatic N) is 3. The minimum absolute atomic E-state index is 0.0207. The molecule has 0 radical (unpaired) electrons. The van der Waals surface area contributed by atoms with Crippen molar-refractivity contribution in [3.8, 4) is 5.75 Å². The Bertz CT molecular complexity index is 694. The van der Waals surface area contributed by atoms with Crippen LogP contribution in [0.5, 0.6) is 5.75 Å². The summed E-state index contributed by atoms with van der Waals surface area (Å²) >= 11 is 0. The highest BCUT2D eigenvalue weighted by Crippen LogP contribution is 2.29. The fraction of sp³-hybridized carbons (Fsp3) is 0.444. The lowest BCUT2D eigenvalue weighted by Gasteiger charge is -2.23. The molecule has 0 spiro atoms. The summed E-state index contributed by atoms with van der Waals surface area (Å²) in [5.41, 5.74) is 3.33. The van der Waals surface area contributed by atoms with E-state index in [4.69, 9.17) is 9.42 Å². The van der Waals surface area contributed by atoms with Crippen molar-refractivity contribution in [1.29, 1.82) is 0 Å². The fourth-order valence-corrected chi connectivity index (χ4v) is 3.22. The van der Waals surface area contributed by atoms with Gasteiger partial charge < -0.3 is 4.43 Å². The second-order valence-electron chi connectivity index (χ2n) is 6.95. The molecule has 0 N–H and O–H groups in total. The first-order chi connectivity index (χ1) is 10.7. The van der Waals surface area contributed by atoms with Crippen LogP contribution in [-0.2, 0) is 0 Å². The SMILES string of the molecule is CC(=NC(C)c1ccccc1O[Si](C)(C)C)n1cc(C)c(C)n1. The molecule has 0 saturated carbocycles. The van der Waals surface area contributed by atoms with Gasteiger partial charge in [-0.25, -0.2) is 4.68 Å². The van der Waals surface area contributed by atoms with Gasteiger partial charge in [0.1, 0.15) is 11.6 Å². The van der Waals surface area contributed by atoms with Crippen LogP contribution in [0.1, 0.15) is 36.7 Å². The molecule has 4 nitrogen and oxygen atoms in total. The molecule has 0 amide bonds. The van der Waals surface area contributed by atoms with E-state index in [2.05, 4.69) is 44.7 Å². The number of hydrogen-bond acceptors (Lipinski definition) is 3. The van der Waals surface area contributed by atoms with Gasteiger partial charge in [0.05, 0.1) is 11.7 Å². The Morgan fingerprint density at radius 2 is 1.87 bits per heavy atom. The molecule has 23 heavy (non-hydrogen) atoms. The predicted molar refractivity (Wildman–Crippen MR) is 99.0 cm³/mol. The molecule has 1 aromatic heterocycles. The van der Waals surface area contributed by atoms with Gasteiger partial charge in [0.2, 0.25) is 8.32 Å². The van der Waals surface area contributed by atoms with E-state index in [0.29, 0.717) is 0 Å². The summed E-state index contributed by atoms with van der Waals surface area (Å²) < 4.78 is 8.06. The fourth-order valence-electron chi connectivity index (χ4n) is 2.37. The minimum Gasteiger partial charge on any atom is -0.544 e. The summed E-state index contributed by atoms with van der Waals surface area (Å²) in [6.07, 6.45) is 2.02. The Morgan fingerprint density at radius 1 is 1.22 bits per heavy atom. The van der Waals surface area contributed by atoms with Crippen LogP contribution in [0.4, 0.5) is 0 Å². The van der Waals surface area contributed by atoms with E-state index in [1.54, 1.807) is 0 Å². The van der Waals surface area contributed by atoms with E-state index in [9.17, 15) is 0 Å². The van der Waals surface area contributed by atoms with E-state index in [0.717, 1.165) is 22.8 Å². The maximum Gasteiger partial charge on any atom is 0.242 e. The van der Waals surface area contributed by atoms with Crippen LogP contribution in [0.2, 0.25) is 19.6 Å². The first-order valence-corrected chi connectivity index (χ1v) is 11.4. The molecule has 0 aliphatic carbocycles. The zero-order valence-electron chi connectivity index (χ0n) is 15.2. The van der Waals surface area contributed by atoms with Gasteiger partial charge in [-0.3, -0.25) is 4.99 Å². The molecule has 0 aliphatic rings. The van der Waals surface area contributed by atoms with E-state index < -0.39 is 8.32 Å². The van der Waals surface area contributed by atoms with E-state index in [-0.39, 0.29) is 6.04 Å². The summed E-state index contributed by atoms with van der Waals surface area (Å²) in [7, 11) is -1.65. The van der Waals surface area contributed by atoms with Gasteiger partial charge >= 0.3 is 0 Å². The molecular formula is C18H27N3OSi. The topological polar surface area (TPSA) is 39.4 Å². The molecule has 1 unspecified atom stereocenters. The average molecular weight is 330 g/mol. The Labute approximate surface area is 140 Å². The van der Waals surface area contributed by atoms with Crippen LogP contribution in [0.15, 0.2) is 35.5 Å². The Kier molecular flexibility index (Phi) is 5.09. The largest absolute Gasteiger partial charge is 0.544 e. The lowest BCUT2D eigenvalue weighted by molar-refractivity contribution is 0.542. The number of rotatable bonds is 4. The summed E-state index contributed by atoms with van der Waals surface area (Å²) in [5.74, 6) is 1.83. The molecule has 124 valence electrons. The third-order valence-electron chi connectivity index (χ3n) is 3.64. The lowest BCUT2D eigenvalue weighted by Crippen LogP contribution is -2.29. The number of para-hydroxylation sites is 1. The average Bonchev–Trinajstić information content (AvgIpc) is 2.77. The molecule has 1 atom stereocenters. The number of aliphatic imine (C=N–C) groups is 1. The van der Waals surface area contributed by atoms with Crippen molar-refractivity contribution >= 4 is 14.2 Å². The van der Waals surface area contributed by atoms with E-state index >= 15 is 0 Å². The maximum absolute atomic E-state index is 6.21. The maximum atomic E-state index is 6.21. The van der Waals surface area contributed by atoms with Crippen molar-refractivity contribution in [1.82, 2.24) is 9.78 Å². The molecule has 0 saturated heterocycles. The van der Waals surface area contributed by atoms with Gasteiger partial charge in [0.25, 0.3) is 0 Å². The molecule has 5 heteroatoms. The quantitative estimate of drug-likeness (QED) is 0.461. The molecule has 0 fully saturated rings. The minimum atomic E-state index is -1.65. The second kappa shape index (κ2) is 6.70. The Morgan fingerprint density at radius 3 is 2.43 bits per heavy atom. The molecule has 0 aliphatic heterocycles. The first-order valence-electron chi connectivity index (χ1n) is 8.03. The van der Waals surface area contributed by atoms with Gasteiger partial charge in [-0.2, -0.15) is 5.10 Å². The van der Waals surface area contributed by atoms with Gasteiger partial charge in [-0.05, 0) is 59.0 Å². The van der Waals surface area contributed by atoms with Gasteiger partial charge in [0.15, 0.2) is 0 Å². The number of hydrogen-bond donors (Lipinski definition) is 0. The van der Waals surface area contributed by atoms with Crippen molar-refractivity contribution in [2.45, 2.75) is 53.4 Å². The van der Waals surface area contributed by atoms with E-state index in [1.165, 1.54) is 5.56 Å². The normalized spacial score (nSPS) is 14.0. The zero-order valence-corrected chi connectivity index (χ0v) is 16.2. The van der Waals surface area contributed by atoms with Gasteiger partial charge in [-0.15, -0.1) is 0 Å². The number of benzene rings is 1. The summed E-state index contributed by atoms with van der Waals surface area (Å²) in [5, 5.41) is 4.50. The van der Waals surface area contributed by atoms with Gasteiger partial charge in [-0.1, -0.05) is 18.2 Å². The van der Waals surface area contributed by atoms with Crippen LogP contribution < -0.4 is 4.43 Å². The first kappa shape index (κ1) is 17.5. The standard InChI is InChI=1S/C18H27N3OSi/c1-13-12-21(20-14(13)2)16(4)19-15(3)17-10-8-9-11-18(17)22-23(5,6)7/h8-12,15H,1-7H3. The summed E-state index contributed by atoms with van der Waals surface area (Å²) in [6, 6.07) is 8.21. The van der Waals surface area contributed by atoms with Crippen LogP contribution in [0.3, 0.4) is 0 Å². The third-order valence-corrected chi connectivity index (χ3v) is 4.47. The number of aromatic nitrogens is 2. The van der Waals surface area contributed by atoms with Crippen molar-refractivity contribution in [3.63, 3.8) is 0 Å². The van der Waals surface area contributed by atoms with Crippen molar-refractivity contribution in [3.05, 3.63) is 47.3 Å². The van der Waals surface area contributed by atoms with Crippen molar-refractivity contribution in [2.75, 3.05) is 0 Å². The monoisotopic (exact) mass is 329 g/mol. The summed E-state index contributed by atoms with van der Waals surface area (Å²) in [6.45, 7) is 14.7. The third kappa shape index (κ3) is 4.54. The smallest absolute Gasteiger partial charge is 0.242 e. The van der Waals surface area contributed by atoms with Crippen molar-refractivity contribution in [2.24, 2.45) is 4.99 Å². The second-order valence-corrected chi connectivity index (χ2v) is 11.4. The number of aryl methyl sites for hydroxylation is 2. The van der Waals surface area contributed by atoms with Crippen LogP contribution >= 0.6 is 0 Å². The molecular weight excluding hydrogens is 302 g/mol. The van der Waals surface area contributed by atoms with Crippen LogP contribution in [0.25, 0.3) is 0 Å². The molecule has 1 aromatic carbocycles. The molecule has 1 heterocycles. The Hall–Kier alpha value is -1.88. The van der Waals surface area contributed by atoms with Crippen molar-refractivity contribution < 1.29 is 4.43 Å². The predicted octanol–water partition coefficient (Wildman–Crippen LogP) is 4.74. The highest BCUT2D eigenvalue weighted by atomic mass is 28.4. The summed E-state index contributed by atoms with van der Waals surface area (Å²) in [4.78, 5) is 4.82. The van der Waals surface area contributed by atoms with Crippen LogP contribution in [-0.4, -0.2) is 23.9 Å². The molecule has 2 aromatic rings. The molecule has 0 bridgehead atoms. The Balaban J connectivity index is 2.30. The van der Waals surface area contributed by atoms with Gasteiger partial charge in [0, 0.05) is 11.8 Å². The zero-order chi connectivity index (χ0) is 17.2. The highest BCUT2D eigenvalue weighted by Gasteiger charge is 2.20. The lowest BCUT2D eigenvalue weighted by atomic mass is 10.1. The van der Waals surface area contributed by atoms with E-state index in [1.807, 2.05) is 42.9 Å².